The molecule has 0 aliphatic carbocycles. The fourth-order valence-corrected chi connectivity index (χ4v) is 4.01. The summed E-state index contributed by atoms with van der Waals surface area (Å²) in [5.41, 5.74) is 1.83. The van der Waals surface area contributed by atoms with Crippen molar-refractivity contribution in [2.75, 3.05) is 6.61 Å². The number of ether oxygens (including phenoxy) is 1. The summed E-state index contributed by atoms with van der Waals surface area (Å²) in [6, 6.07) is 16.4. The molecule has 0 bridgehead atoms. The lowest BCUT2D eigenvalue weighted by molar-refractivity contribution is -0.384. The van der Waals surface area contributed by atoms with Crippen LogP contribution in [0.3, 0.4) is 0 Å². The van der Waals surface area contributed by atoms with Gasteiger partial charge in [0, 0.05) is 33.4 Å². The van der Waals surface area contributed by atoms with Gasteiger partial charge in [-0.05, 0) is 37.3 Å². The van der Waals surface area contributed by atoms with Crippen LogP contribution in [0.5, 0.6) is 5.75 Å². The van der Waals surface area contributed by atoms with Gasteiger partial charge in [0.15, 0.2) is 0 Å². The third-order valence-corrected chi connectivity index (χ3v) is 5.06. The van der Waals surface area contributed by atoms with Crippen molar-refractivity contribution in [1.29, 1.82) is 0 Å². The van der Waals surface area contributed by atoms with Gasteiger partial charge in [-0.25, -0.2) is 4.99 Å². The monoisotopic (exact) mass is 350 g/mol. The van der Waals surface area contributed by atoms with Gasteiger partial charge in [0.2, 0.25) is 0 Å². The largest absolute Gasteiger partial charge is 0.493 e. The molecular formula is C19H14N2O3S. The zero-order valence-electron chi connectivity index (χ0n) is 13.4. The molecule has 0 amide bonds. The highest BCUT2D eigenvalue weighted by molar-refractivity contribution is 8.15. The molecule has 0 fully saturated rings. The van der Waals surface area contributed by atoms with E-state index in [9.17, 15) is 10.1 Å². The van der Waals surface area contributed by atoms with Gasteiger partial charge in [-0.1, -0.05) is 23.9 Å². The maximum Gasteiger partial charge on any atom is 0.269 e. The lowest BCUT2D eigenvalue weighted by Gasteiger charge is -2.08. The summed E-state index contributed by atoms with van der Waals surface area (Å²) in [5, 5.41) is 13.9. The number of benzene rings is 3. The molecule has 0 N–H and O–H groups in total. The molecule has 0 saturated carbocycles. The molecule has 25 heavy (non-hydrogen) atoms. The summed E-state index contributed by atoms with van der Waals surface area (Å²) in [6.07, 6.45) is 0. The summed E-state index contributed by atoms with van der Waals surface area (Å²) in [5.74, 6) is 0.875. The zero-order valence-corrected chi connectivity index (χ0v) is 14.2. The quantitative estimate of drug-likeness (QED) is 0.471. The Labute approximate surface area is 148 Å². The first-order valence-electron chi connectivity index (χ1n) is 7.87. The van der Waals surface area contributed by atoms with Crippen molar-refractivity contribution >= 4 is 39.0 Å². The lowest BCUT2D eigenvalue weighted by atomic mass is 10.0. The van der Waals surface area contributed by atoms with Crippen LogP contribution in [-0.2, 0) is 0 Å². The van der Waals surface area contributed by atoms with Crippen LogP contribution in [0.2, 0.25) is 0 Å². The van der Waals surface area contributed by atoms with Crippen molar-refractivity contribution in [1.82, 2.24) is 0 Å². The molecule has 0 spiro atoms. The van der Waals surface area contributed by atoms with E-state index in [2.05, 4.69) is 12.1 Å². The van der Waals surface area contributed by atoms with Gasteiger partial charge in [-0.3, -0.25) is 10.1 Å². The third kappa shape index (κ3) is 2.74. The summed E-state index contributed by atoms with van der Waals surface area (Å²) >= 11 is 1.61. The molecule has 0 unspecified atom stereocenters. The summed E-state index contributed by atoms with van der Waals surface area (Å²) < 4.78 is 5.73. The molecule has 4 rings (SSSR count). The Balaban J connectivity index is 1.79. The molecule has 0 saturated heterocycles. The highest BCUT2D eigenvalue weighted by Crippen LogP contribution is 2.44. The lowest BCUT2D eigenvalue weighted by Crippen LogP contribution is -1.95. The first-order valence-corrected chi connectivity index (χ1v) is 8.69. The zero-order chi connectivity index (χ0) is 17.4. The van der Waals surface area contributed by atoms with Crippen LogP contribution >= 0.6 is 11.8 Å². The molecule has 124 valence electrons. The van der Waals surface area contributed by atoms with Gasteiger partial charge in [-0.2, -0.15) is 0 Å². The van der Waals surface area contributed by atoms with Gasteiger partial charge in [-0.15, -0.1) is 0 Å². The Kier molecular flexibility index (Phi) is 3.89. The van der Waals surface area contributed by atoms with Crippen molar-refractivity contribution in [3.05, 3.63) is 70.3 Å². The molecular weight excluding hydrogens is 336 g/mol. The topological polar surface area (TPSA) is 64.7 Å². The normalized spacial score (nSPS) is 14.2. The van der Waals surface area contributed by atoms with Crippen molar-refractivity contribution < 1.29 is 9.66 Å². The molecule has 1 heterocycles. The van der Waals surface area contributed by atoms with Crippen LogP contribution in [0.15, 0.2) is 64.5 Å². The Morgan fingerprint density at radius 2 is 1.92 bits per heavy atom. The van der Waals surface area contributed by atoms with E-state index < -0.39 is 4.92 Å². The SMILES string of the molecule is CCOc1ccc2c3c(cccc13)SC2=Nc1ccc([N+](=O)[O-])cc1. The number of thioether (sulfide) groups is 1. The molecule has 3 aromatic carbocycles. The molecule has 0 atom stereocenters. The molecule has 3 aromatic rings. The van der Waals surface area contributed by atoms with Gasteiger partial charge in [0.25, 0.3) is 5.69 Å². The van der Waals surface area contributed by atoms with Crippen molar-refractivity contribution in [3.8, 4) is 5.75 Å². The van der Waals surface area contributed by atoms with E-state index in [1.807, 2.05) is 25.1 Å². The van der Waals surface area contributed by atoms with Gasteiger partial charge >= 0.3 is 0 Å². The molecule has 1 aliphatic heterocycles. The number of hydrogen-bond acceptors (Lipinski definition) is 5. The van der Waals surface area contributed by atoms with E-state index in [0.717, 1.165) is 32.0 Å². The summed E-state index contributed by atoms with van der Waals surface area (Å²) in [4.78, 5) is 16.2. The first kappa shape index (κ1) is 15.7. The maximum absolute atomic E-state index is 10.8. The highest BCUT2D eigenvalue weighted by Gasteiger charge is 2.23. The van der Waals surface area contributed by atoms with Crippen LogP contribution in [0.1, 0.15) is 12.5 Å². The van der Waals surface area contributed by atoms with Crippen molar-refractivity contribution in [3.63, 3.8) is 0 Å². The minimum absolute atomic E-state index is 0.0646. The fraction of sp³-hybridized carbons (Fsp3) is 0.105. The van der Waals surface area contributed by atoms with E-state index in [4.69, 9.17) is 9.73 Å². The predicted molar refractivity (Wildman–Crippen MR) is 100 cm³/mol. The Hall–Kier alpha value is -2.86. The van der Waals surface area contributed by atoms with Crippen LogP contribution in [0, 0.1) is 10.1 Å². The van der Waals surface area contributed by atoms with Gasteiger partial charge < -0.3 is 4.74 Å². The first-order chi connectivity index (χ1) is 12.2. The molecule has 0 radical (unpaired) electrons. The number of aliphatic imine (C=N–C) groups is 1. The van der Waals surface area contributed by atoms with Crippen LogP contribution < -0.4 is 4.74 Å². The van der Waals surface area contributed by atoms with E-state index in [0.29, 0.717) is 12.3 Å². The van der Waals surface area contributed by atoms with Crippen LogP contribution in [0.25, 0.3) is 10.8 Å². The van der Waals surface area contributed by atoms with E-state index >= 15 is 0 Å². The number of nitro groups is 1. The minimum Gasteiger partial charge on any atom is -0.493 e. The van der Waals surface area contributed by atoms with Crippen molar-refractivity contribution in [2.24, 2.45) is 4.99 Å². The second-order valence-electron chi connectivity index (χ2n) is 5.52. The summed E-state index contributed by atoms with van der Waals surface area (Å²) in [7, 11) is 0. The number of nitrogens with zero attached hydrogens (tertiary/aromatic N) is 2. The molecule has 0 aromatic heterocycles. The Morgan fingerprint density at radius 1 is 1.12 bits per heavy atom. The van der Waals surface area contributed by atoms with Gasteiger partial charge in [0.1, 0.15) is 10.8 Å². The van der Waals surface area contributed by atoms with E-state index in [-0.39, 0.29) is 5.69 Å². The maximum atomic E-state index is 10.8. The van der Waals surface area contributed by atoms with Crippen molar-refractivity contribution in [2.45, 2.75) is 11.8 Å². The standard InChI is InChI=1S/C19H14N2O3S/c1-2-24-16-11-10-15-18-14(16)4-3-5-17(18)25-19(15)20-12-6-8-13(9-7-12)21(22)23/h3-11H,2H2,1H3. The van der Waals surface area contributed by atoms with Crippen LogP contribution in [0.4, 0.5) is 11.4 Å². The fourth-order valence-electron chi connectivity index (χ4n) is 2.90. The number of hydrogen-bond donors (Lipinski definition) is 0. The smallest absolute Gasteiger partial charge is 0.269 e. The number of rotatable bonds is 4. The number of nitro benzene ring substituents is 1. The van der Waals surface area contributed by atoms with E-state index in [1.54, 1.807) is 23.9 Å². The van der Waals surface area contributed by atoms with E-state index in [1.165, 1.54) is 12.1 Å². The second kappa shape index (κ2) is 6.22. The Bertz CT molecular complexity index is 1010. The summed E-state index contributed by atoms with van der Waals surface area (Å²) in [6.45, 7) is 2.59. The minimum atomic E-state index is -0.410. The predicted octanol–water partition coefficient (Wildman–Crippen LogP) is 5.33. The Morgan fingerprint density at radius 3 is 2.64 bits per heavy atom. The average molecular weight is 350 g/mol. The molecule has 6 heteroatoms. The molecule has 1 aliphatic rings. The average Bonchev–Trinajstić information content (AvgIpc) is 2.97. The molecule has 5 nitrogen and oxygen atoms in total. The van der Waals surface area contributed by atoms with Gasteiger partial charge in [0.05, 0.1) is 17.2 Å². The third-order valence-electron chi connectivity index (χ3n) is 3.99. The second-order valence-corrected chi connectivity index (χ2v) is 6.55. The highest BCUT2D eigenvalue weighted by atomic mass is 32.2. The number of non-ortho nitro benzene ring substituents is 1. The van der Waals surface area contributed by atoms with Crippen LogP contribution in [-0.4, -0.2) is 16.6 Å².